The van der Waals surface area contributed by atoms with E-state index in [4.69, 9.17) is 11.1 Å². The van der Waals surface area contributed by atoms with Gasteiger partial charge in [-0.2, -0.15) is 11.1 Å². The van der Waals surface area contributed by atoms with Crippen LogP contribution in [0.2, 0.25) is 0 Å². The number of carbonyl (C=O) groups excluding carboxylic acids is 1. The fourth-order valence-electron chi connectivity index (χ4n) is 0.0250. The molecule has 0 unspecified atom stereocenters. The van der Waals surface area contributed by atoms with Gasteiger partial charge in [-0.3, -0.25) is 0 Å². The molecule has 0 atom stereocenters. The lowest BCUT2D eigenvalue weighted by Crippen LogP contribution is -1.73. The molecule has 0 aliphatic carbocycles. The second kappa shape index (κ2) is 2.13. The minimum Gasteiger partial charge on any atom is -0.240 e. The van der Waals surface area contributed by atoms with Crippen molar-refractivity contribution in [1.29, 1.82) is 11.1 Å². The zero-order valence-electron chi connectivity index (χ0n) is 2.80. The molecule has 0 aromatic carbocycles. The van der Waals surface area contributed by atoms with Gasteiger partial charge < -0.3 is 0 Å². The number of nitrogens with zero attached hydrogens (tertiary/aromatic N) is 2. The SMILES string of the molecule is N=NC(=O)N=N. The third-order valence-corrected chi connectivity index (χ3v) is 0.191. The van der Waals surface area contributed by atoms with E-state index in [2.05, 4.69) is 10.2 Å². The highest BCUT2D eigenvalue weighted by Crippen LogP contribution is 1.73. The van der Waals surface area contributed by atoms with Gasteiger partial charge in [-0.05, 0) is 0 Å². The Kier molecular flexibility index (Phi) is 1.73. The number of rotatable bonds is 0. The van der Waals surface area contributed by atoms with Crippen LogP contribution in [0, 0.1) is 11.1 Å². The Morgan fingerprint density at radius 2 is 1.67 bits per heavy atom. The first-order valence-electron chi connectivity index (χ1n) is 1.10. The van der Waals surface area contributed by atoms with Crippen molar-refractivity contribution >= 4 is 6.03 Å². The summed E-state index contributed by atoms with van der Waals surface area (Å²) in [6, 6.07) is -1.07. The maximum Gasteiger partial charge on any atom is 0.403 e. The summed E-state index contributed by atoms with van der Waals surface area (Å²) in [6.07, 6.45) is 0. The second-order valence-electron chi connectivity index (χ2n) is 0.506. The van der Waals surface area contributed by atoms with Crippen LogP contribution in [0.3, 0.4) is 0 Å². The summed E-state index contributed by atoms with van der Waals surface area (Å²) in [5.74, 6) is 0. The fourth-order valence-corrected chi connectivity index (χ4v) is 0.0250. The van der Waals surface area contributed by atoms with E-state index in [0.29, 0.717) is 0 Å². The van der Waals surface area contributed by atoms with Gasteiger partial charge in [0, 0.05) is 0 Å². The Morgan fingerprint density at radius 1 is 1.33 bits per heavy atom. The van der Waals surface area contributed by atoms with Crippen LogP contribution in [0.15, 0.2) is 10.2 Å². The number of carbonyl (C=O) groups is 1. The molecular formula is CH2N4O. The Balaban J connectivity index is 3.52. The lowest BCUT2D eigenvalue weighted by molar-refractivity contribution is 0.253. The van der Waals surface area contributed by atoms with Gasteiger partial charge >= 0.3 is 6.03 Å². The molecule has 0 heterocycles. The summed E-state index contributed by atoms with van der Waals surface area (Å²) < 4.78 is 0. The average Bonchev–Trinajstić information content (AvgIpc) is 1.65. The van der Waals surface area contributed by atoms with E-state index in [1.165, 1.54) is 0 Å². The molecule has 0 aromatic heterocycles. The van der Waals surface area contributed by atoms with Crippen LogP contribution in [-0.2, 0) is 0 Å². The molecule has 0 spiro atoms. The smallest absolute Gasteiger partial charge is 0.240 e. The van der Waals surface area contributed by atoms with Crippen LogP contribution in [-0.4, -0.2) is 6.03 Å². The van der Waals surface area contributed by atoms with Gasteiger partial charge in [-0.15, -0.1) is 0 Å². The first kappa shape index (κ1) is 4.87. The lowest BCUT2D eigenvalue weighted by atomic mass is 11.2. The normalized spacial score (nSPS) is 6.67. The molecule has 5 nitrogen and oxygen atoms in total. The minimum atomic E-state index is -1.07. The molecule has 0 aliphatic rings. The summed E-state index contributed by atoms with van der Waals surface area (Å²) in [7, 11) is 0. The molecule has 0 rings (SSSR count). The van der Waals surface area contributed by atoms with Gasteiger partial charge in [0.2, 0.25) is 0 Å². The van der Waals surface area contributed by atoms with E-state index in [1.807, 2.05) is 0 Å². The van der Waals surface area contributed by atoms with Crippen molar-refractivity contribution in [2.75, 3.05) is 0 Å². The Hall–Kier alpha value is -1.13. The van der Waals surface area contributed by atoms with Crippen molar-refractivity contribution in [3.05, 3.63) is 0 Å². The van der Waals surface area contributed by atoms with Crippen LogP contribution in [0.5, 0.6) is 0 Å². The van der Waals surface area contributed by atoms with E-state index in [1.54, 1.807) is 0 Å². The largest absolute Gasteiger partial charge is 0.403 e. The number of hydrogen-bond acceptors (Lipinski definition) is 3. The molecule has 2 amide bonds. The Morgan fingerprint density at radius 3 is 1.67 bits per heavy atom. The van der Waals surface area contributed by atoms with Crippen molar-refractivity contribution in [1.82, 2.24) is 0 Å². The second-order valence-corrected chi connectivity index (χ2v) is 0.506. The fraction of sp³-hybridized carbons (Fsp3) is 0. The molecule has 0 bridgehead atoms. The van der Waals surface area contributed by atoms with Gasteiger partial charge in [0.1, 0.15) is 0 Å². The highest BCUT2D eigenvalue weighted by molar-refractivity contribution is 5.73. The predicted octanol–water partition coefficient (Wildman–Crippen LogP) is 1.17. The standard InChI is InChI=1S/CH2N4O/c2-4-1(6)5-3/h2-3H. The third-order valence-electron chi connectivity index (χ3n) is 0.191. The molecule has 2 N–H and O–H groups in total. The summed E-state index contributed by atoms with van der Waals surface area (Å²) in [4.78, 5) is 9.47. The van der Waals surface area contributed by atoms with Crippen molar-refractivity contribution < 1.29 is 4.79 Å². The van der Waals surface area contributed by atoms with E-state index in [9.17, 15) is 4.79 Å². The van der Waals surface area contributed by atoms with E-state index in [0.717, 1.165) is 0 Å². The topological polar surface area (TPSA) is 89.5 Å². The zero-order chi connectivity index (χ0) is 4.99. The molecule has 0 saturated heterocycles. The summed E-state index contributed by atoms with van der Waals surface area (Å²) in [6.45, 7) is 0. The maximum absolute atomic E-state index is 9.47. The molecular weight excluding hydrogens is 84.0 g/mol. The van der Waals surface area contributed by atoms with Gasteiger partial charge in [0.05, 0.1) is 0 Å². The Labute approximate surface area is 33.4 Å². The third kappa shape index (κ3) is 1.22. The molecule has 0 aliphatic heterocycles. The number of hydrogen-bond donors (Lipinski definition) is 2. The molecule has 0 saturated carbocycles. The molecule has 6 heavy (non-hydrogen) atoms. The van der Waals surface area contributed by atoms with Gasteiger partial charge in [0.25, 0.3) is 0 Å². The number of urea groups is 1. The summed E-state index contributed by atoms with van der Waals surface area (Å²) >= 11 is 0. The quantitative estimate of drug-likeness (QED) is 0.425. The molecule has 0 radical (unpaired) electrons. The Bertz CT molecular complexity index is 75.5. The van der Waals surface area contributed by atoms with Crippen LogP contribution >= 0.6 is 0 Å². The van der Waals surface area contributed by atoms with Crippen LogP contribution < -0.4 is 0 Å². The van der Waals surface area contributed by atoms with Gasteiger partial charge in [-0.1, -0.05) is 10.2 Å². The number of nitrogens with one attached hydrogen (secondary N) is 2. The first-order chi connectivity index (χ1) is 2.81. The first-order valence-corrected chi connectivity index (χ1v) is 1.10. The molecule has 0 fully saturated rings. The van der Waals surface area contributed by atoms with Crippen LogP contribution in [0.4, 0.5) is 4.79 Å². The summed E-state index contributed by atoms with van der Waals surface area (Å²) in [5.41, 5.74) is 11.7. The monoisotopic (exact) mass is 86.0 g/mol. The van der Waals surface area contributed by atoms with Crippen molar-refractivity contribution in [2.24, 2.45) is 10.2 Å². The maximum atomic E-state index is 9.47. The van der Waals surface area contributed by atoms with Crippen molar-refractivity contribution in [2.45, 2.75) is 0 Å². The predicted molar refractivity (Wildman–Crippen MR) is 15.7 cm³/mol. The van der Waals surface area contributed by atoms with E-state index < -0.39 is 6.03 Å². The average molecular weight is 86.1 g/mol. The summed E-state index contributed by atoms with van der Waals surface area (Å²) in [5, 5.41) is 4.53. The van der Waals surface area contributed by atoms with Gasteiger partial charge in [0.15, 0.2) is 0 Å². The van der Waals surface area contributed by atoms with Crippen molar-refractivity contribution in [3.63, 3.8) is 0 Å². The van der Waals surface area contributed by atoms with Crippen molar-refractivity contribution in [3.8, 4) is 0 Å². The lowest BCUT2D eigenvalue weighted by Gasteiger charge is -1.63. The highest BCUT2D eigenvalue weighted by atomic mass is 16.2. The molecule has 5 heteroatoms. The number of amides is 2. The highest BCUT2D eigenvalue weighted by Gasteiger charge is 1.83. The van der Waals surface area contributed by atoms with Crippen LogP contribution in [0.1, 0.15) is 0 Å². The van der Waals surface area contributed by atoms with E-state index >= 15 is 0 Å². The van der Waals surface area contributed by atoms with Crippen LogP contribution in [0.25, 0.3) is 0 Å². The van der Waals surface area contributed by atoms with E-state index in [-0.39, 0.29) is 0 Å². The van der Waals surface area contributed by atoms with Gasteiger partial charge in [-0.25, -0.2) is 4.79 Å². The minimum absolute atomic E-state index is 1.07. The molecule has 0 aromatic rings. The zero-order valence-corrected chi connectivity index (χ0v) is 2.80. The molecule has 32 valence electrons.